The monoisotopic (exact) mass is 360 g/mol. The van der Waals surface area contributed by atoms with Gasteiger partial charge in [-0.25, -0.2) is 13.8 Å². The number of aromatic amines is 1. The molecule has 2 aromatic rings. The van der Waals surface area contributed by atoms with Gasteiger partial charge in [0.15, 0.2) is 0 Å². The lowest BCUT2D eigenvalue weighted by Gasteiger charge is -2.34. The molecule has 3 heterocycles. The Labute approximate surface area is 151 Å². The van der Waals surface area contributed by atoms with E-state index in [0.717, 1.165) is 43.4 Å². The Morgan fingerprint density at radius 1 is 1.31 bits per heavy atom. The zero-order valence-corrected chi connectivity index (χ0v) is 14.8. The number of aromatic nitrogens is 2. The number of hydrogen-bond donors (Lipinski definition) is 1. The molecule has 0 bridgehead atoms. The molecule has 0 saturated carbocycles. The number of carbonyl (C=O) groups excluding carboxylic acids is 1. The van der Waals surface area contributed by atoms with Gasteiger partial charge in [-0.2, -0.15) is 0 Å². The summed E-state index contributed by atoms with van der Waals surface area (Å²) in [5.74, 6) is -0.635. The number of likely N-dealkylation sites (tertiary alicyclic amines) is 1. The van der Waals surface area contributed by atoms with Gasteiger partial charge in [0.2, 0.25) is 5.91 Å². The van der Waals surface area contributed by atoms with Crippen LogP contribution < -0.4 is 0 Å². The van der Waals surface area contributed by atoms with Crippen molar-refractivity contribution >= 4 is 5.91 Å². The fourth-order valence-electron chi connectivity index (χ4n) is 3.92. The maximum atomic E-state index is 14.0. The predicted octanol–water partition coefficient (Wildman–Crippen LogP) is 2.58. The minimum atomic E-state index is -0.644. The van der Waals surface area contributed by atoms with Crippen LogP contribution in [0, 0.1) is 17.6 Å². The zero-order chi connectivity index (χ0) is 18.3. The third kappa shape index (κ3) is 3.23. The highest BCUT2D eigenvalue weighted by Gasteiger charge is 2.31. The first-order valence-corrected chi connectivity index (χ1v) is 9.02. The fourth-order valence-corrected chi connectivity index (χ4v) is 3.92. The number of imidazole rings is 1. The van der Waals surface area contributed by atoms with Gasteiger partial charge < -0.3 is 14.8 Å². The van der Waals surface area contributed by atoms with Gasteiger partial charge in [-0.1, -0.05) is 0 Å². The van der Waals surface area contributed by atoms with E-state index in [2.05, 4.69) is 14.9 Å². The highest BCUT2D eigenvalue weighted by molar-refractivity contribution is 5.79. The molecule has 138 valence electrons. The Kier molecular flexibility index (Phi) is 4.48. The van der Waals surface area contributed by atoms with E-state index < -0.39 is 11.6 Å². The van der Waals surface area contributed by atoms with Crippen LogP contribution in [0.4, 0.5) is 8.78 Å². The molecule has 1 aromatic heterocycles. The summed E-state index contributed by atoms with van der Waals surface area (Å²) in [5, 5.41) is 0. The molecule has 0 unspecified atom stereocenters. The largest absolute Gasteiger partial charge is 0.340 e. The normalized spacial score (nSPS) is 20.9. The molecule has 0 aliphatic carbocycles. The number of halogens is 2. The van der Waals surface area contributed by atoms with Crippen molar-refractivity contribution in [1.29, 1.82) is 0 Å². The second kappa shape index (κ2) is 6.79. The summed E-state index contributed by atoms with van der Waals surface area (Å²) in [4.78, 5) is 24.5. The second-order valence-electron chi connectivity index (χ2n) is 7.25. The standard InChI is InChI=1S/C19H22F2N4O/c1-24-7-2-3-12(10-24)19(26)25-8-6-16-17(11-25)23-18(22-16)14-5-4-13(20)9-15(14)21/h4-5,9,12H,2-3,6-8,10-11H2,1H3,(H,22,23)/t12-/m0/s1. The van der Waals surface area contributed by atoms with Gasteiger partial charge in [0.1, 0.15) is 17.5 Å². The van der Waals surface area contributed by atoms with Gasteiger partial charge in [0.25, 0.3) is 0 Å². The first kappa shape index (κ1) is 17.1. The minimum absolute atomic E-state index is 0.0484. The van der Waals surface area contributed by atoms with Gasteiger partial charge in [0, 0.05) is 25.6 Å². The number of nitrogens with one attached hydrogen (secondary N) is 1. The molecule has 1 amide bonds. The topological polar surface area (TPSA) is 52.2 Å². The lowest BCUT2D eigenvalue weighted by molar-refractivity contribution is -0.138. The molecule has 1 aromatic carbocycles. The van der Waals surface area contributed by atoms with E-state index in [4.69, 9.17) is 0 Å². The first-order valence-electron chi connectivity index (χ1n) is 9.02. The molecule has 5 nitrogen and oxygen atoms in total. The maximum absolute atomic E-state index is 14.0. The fraction of sp³-hybridized carbons (Fsp3) is 0.474. The van der Waals surface area contributed by atoms with E-state index in [-0.39, 0.29) is 17.4 Å². The molecule has 1 N–H and O–H groups in total. The smallest absolute Gasteiger partial charge is 0.227 e. The number of rotatable bonds is 2. The molecule has 2 aliphatic rings. The van der Waals surface area contributed by atoms with Gasteiger partial charge in [-0.3, -0.25) is 4.79 Å². The highest BCUT2D eigenvalue weighted by Crippen LogP contribution is 2.27. The number of nitrogens with zero attached hydrogens (tertiary/aromatic N) is 3. The number of hydrogen-bond acceptors (Lipinski definition) is 3. The van der Waals surface area contributed by atoms with Crippen molar-refractivity contribution in [3.05, 3.63) is 41.2 Å². The number of fused-ring (bicyclic) bond motifs is 1. The molecule has 26 heavy (non-hydrogen) atoms. The molecule has 0 spiro atoms. The summed E-state index contributed by atoms with van der Waals surface area (Å²) >= 11 is 0. The third-order valence-electron chi connectivity index (χ3n) is 5.30. The van der Waals surface area contributed by atoms with E-state index in [0.29, 0.717) is 25.3 Å². The Hall–Kier alpha value is -2.28. The molecular weight excluding hydrogens is 338 g/mol. The molecule has 1 saturated heterocycles. The average Bonchev–Trinajstić information content (AvgIpc) is 3.03. The molecule has 1 fully saturated rings. The van der Waals surface area contributed by atoms with Crippen LogP contribution in [0.1, 0.15) is 24.2 Å². The minimum Gasteiger partial charge on any atom is -0.340 e. The van der Waals surface area contributed by atoms with Gasteiger partial charge in [-0.05, 0) is 38.6 Å². The third-order valence-corrected chi connectivity index (χ3v) is 5.30. The predicted molar refractivity (Wildman–Crippen MR) is 93.3 cm³/mol. The Morgan fingerprint density at radius 2 is 2.15 bits per heavy atom. The van der Waals surface area contributed by atoms with Crippen LogP contribution in [0.15, 0.2) is 18.2 Å². The van der Waals surface area contributed by atoms with Gasteiger partial charge in [-0.15, -0.1) is 0 Å². The first-order chi connectivity index (χ1) is 12.5. The van der Waals surface area contributed by atoms with E-state index in [1.807, 2.05) is 11.9 Å². The van der Waals surface area contributed by atoms with Crippen LogP contribution in [-0.4, -0.2) is 52.4 Å². The van der Waals surface area contributed by atoms with Crippen LogP contribution in [0.25, 0.3) is 11.4 Å². The van der Waals surface area contributed by atoms with Crippen molar-refractivity contribution in [2.45, 2.75) is 25.8 Å². The SMILES string of the molecule is CN1CCC[C@H](C(=O)N2CCc3nc(-c4ccc(F)cc4F)[nH]c3C2)C1. The van der Waals surface area contributed by atoms with Crippen LogP contribution >= 0.6 is 0 Å². The lowest BCUT2D eigenvalue weighted by Crippen LogP contribution is -2.45. The average molecular weight is 360 g/mol. The summed E-state index contributed by atoms with van der Waals surface area (Å²) in [6.45, 7) is 2.94. The van der Waals surface area contributed by atoms with Crippen molar-refractivity contribution < 1.29 is 13.6 Å². The highest BCUT2D eigenvalue weighted by atomic mass is 19.1. The number of carbonyl (C=O) groups is 1. The van der Waals surface area contributed by atoms with Crippen LogP contribution in [0.5, 0.6) is 0 Å². The van der Waals surface area contributed by atoms with Crippen molar-refractivity contribution in [2.24, 2.45) is 5.92 Å². The van der Waals surface area contributed by atoms with Crippen LogP contribution in [-0.2, 0) is 17.8 Å². The second-order valence-corrected chi connectivity index (χ2v) is 7.25. The number of piperidine rings is 1. The molecule has 2 aliphatic heterocycles. The molecule has 7 heteroatoms. The van der Waals surface area contributed by atoms with E-state index in [9.17, 15) is 13.6 Å². The van der Waals surface area contributed by atoms with E-state index >= 15 is 0 Å². The Balaban J connectivity index is 1.52. The Bertz CT molecular complexity index is 835. The van der Waals surface area contributed by atoms with Crippen molar-refractivity contribution in [3.63, 3.8) is 0 Å². The molecule has 1 atom stereocenters. The van der Waals surface area contributed by atoms with E-state index in [1.165, 1.54) is 12.1 Å². The molecular formula is C19H22F2N4O. The maximum Gasteiger partial charge on any atom is 0.227 e. The van der Waals surface area contributed by atoms with Gasteiger partial charge >= 0.3 is 0 Å². The Morgan fingerprint density at radius 3 is 2.92 bits per heavy atom. The van der Waals surface area contributed by atoms with Gasteiger partial charge in [0.05, 0.1) is 29.4 Å². The summed E-state index contributed by atoms with van der Waals surface area (Å²) in [7, 11) is 2.05. The van der Waals surface area contributed by atoms with E-state index in [1.54, 1.807) is 0 Å². The lowest BCUT2D eigenvalue weighted by atomic mass is 9.96. The van der Waals surface area contributed by atoms with Crippen molar-refractivity contribution in [2.75, 3.05) is 26.7 Å². The zero-order valence-electron chi connectivity index (χ0n) is 14.8. The summed E-state index contributed by atoms with van der Waals surface area (Å²) in [6, 6.07) is 3.46. The molecule has 4 rings (SSSR count). The quantitative estimate of drug-likeness (QED) is 0.896. The summed E-state index contributed by atoms with van der Waals surface area (Å²) < 4.78 is 27.1. The van der Waals surface area contributed by atoms with Crippen LogP contribution in [0.2, 0.25) is 0 Å². The van der Waals surface area contributed by atoms with Crippen LogP contribution in [0.3, 0.4) is 0 Å². The number of amides is 1. The van der Waals surface area contributed by atoms with Crippen molar-refractivity contribution in [3.8, 4) is 11.4 Å². The summed E-state index contributed by atoms with van der Waals surface area (Å²) in [5.41, 5.74) is 1.94. The number of benzene rings is 1. The van der Waals surface area contributed by atoms with Crippen molar-refractivity contribution in [1.82, 2.24) is 19.8 Å². The summed E-state index contributed by atoms with van der Waals surface area (Å²) in [6.07, 6.45) is 2.62. The number of H-pyrrole nitrogens is 1. The molecule has 0 radical (unpaired) electrons.